The minimum atomic E-state index is -0.389. The SMILES string of the molecule is CN(C)C(=O)c1cccc(NC(=O)CCC(=O)OCCCc2ccccc2)c1. The van der Waals surface area contributed by atoms with Crippen LogP contribution in [0.25, 0.3) is 0 Å². The van der Waals surface area contributed by atoms with Gasteiger partial charge in [-0.2, -0.15) is 0 Å². The van der Waals surface area contributed by atoms with Crippen LogP contribution in [0.5, 0.6) is 0 Å². The highest BCUT2D eigenvalue weighted by Gasteiger charge is 2.11. The van der Waals surface area contributed by atoms with Crippen LogP contribution in [0.4, 0.5) is 5.69 Å². The van der Waals surface area contributed by atoms with Gasteiger partial charge in [-0.1, -0.05) is 36.4 Å². The fourth-order valence-electron chi connectivity index (χ4n) is 2.61. The van der Waals surface area contributed by atoms with E-state index in [0.29, 0.717) is 17.9 Å². The number of nitrogens with one attached hydrogen (secondary N) is 1. The van der Waals surface area contributed by atoms with E-state index in [2.05, 4.69) is 5.32 Å². The summed E-state index contributed by atoms with van der Waals surface area (Å²) in [7, 11) is 3.33. The molecule has 0 aliphatic carbocycles. The van der Waals surface area contributed by atoms with Crippen molar-refractivity contribution in [2.75, 3.05) is 26.0 Å². The summed E-state index contributed by atoms with van der Waals surface area (Å²) >= 11 is 0. The van der Waals surface area contributed by atoms with Crippen LogP contribution in [0.2, 0.25) is 0 Å². The molecule has 0 atom stereocenters. The van der Waals surface area contributed by atoms with Crippen molar-refractivity contribution in [1.82, 2.24) is 4.90 Å². The third kappa shape index (κ3) is 7.23. The van der Waals surface area contributed by atoms with E-state index < -0.39 is 0 Å². The van der Waals surface area contributed by atoms with E-state index in [-0.39, 0.29) is 30.6 Å². The molecule has 0 aliphatic heterocycles. The zero-order valence-electron chi connectivity index (χ0n) is 16.3. The Bertz CT molecular complexity index is 803. The van der Waals surface area contributed by atoms with E-state index >= 15 is 0 Å². The van der Waals surface area contributed by atoms with Crippen LogP contribution in [0.1, 0.15) is 35.2 Å². The van der Waals surface area contributed by atoms with E-state index in [0.717, 1.165) is 12.8 Å². The molecule has 148 valence electrons. The Balaban J connectivity index is 1.68. The summed E-state index contributed by atoms with van der Waals surface area (Å²) in [5.41, 5.74) is 2.21. The van der Waals surface area contributed by atoms with Crippen LogP contribution in [-0.2, 0) is 20.7 Å². The van der Waals surface area contributed by atoms with Crippen LogP contribution < -0.4 is 5.32 Å². The second-order valence-electron chi connectivity index (χ2n) is 6.64. The van der Waals surface area contributed by atoms with Crippen LogP contribution in [-0.4, -0.2) is 43.4 Å². The Morgan fingerprint density at radius 3 is 2.43 bits per heavy atom. The van der Waals surface area contributed by atoms with Gasteiger partial charge in [-0.05, 0) is 36.6 Å². The number of esters is 1. The van der Waals surface area contributed by atoms with E-state index in [1.807, 2.05) is 30.3 Å². The molecule has 28 heavy (non-hydrogen) atoms. The smallest absolute Gasteiger partial charge is 0.306 e. The highest BCUT2D eigenvalue weighted by molar-refractivity contribution is 5.97. The number of ether oxygens (including phenoxy) is 1. The van der Waals surface area contributed by atoms with Crippen LogP contribution in [0.15, 0.2) is 54.6 Å². The van der Waals surface area contributed by atoms with Crippen LogP contribution in [0, 0.1) is 0 Å². The first-order valence-electron chi connectivity index (χ1n) is 9.27. The molecule has 2 aromatic carbocycles. The number of carbonyl (C=O) groups excluding carboxylic acids is 3. The molecule has 2 amide bonds. The van der Waals surface area contributed by atoms with Crippen molar-refractivity contribution in [2.24, 2.45) is 0 Å². The third-order valence-corrected chi connectivity index (χ3v) is 4.07. The van der Waals surface area contributed by atoms with Gasteiger partial charge in [0, 0.05) is 31.8 Å². The summed E-state index contributed by atoms with van der Waals surface area (Å²) in [4.78, 5) is 37.2. The van der Waals surface area contributed by atoms with Crippen molar-refractivity contribution < 1.29 is 19.1 Å². The Labute approximate surface area is 165 Å². The molecule has 0 aliphatic rings. The molecule has 6 heteroatoms. The standard InChI is InChI=1S/C22H26N2O4/c1-24(2)22(27)18-11-6-12-19(16-18)23-20(25)13-14-21(26)28-15-7-10-17-8-4-3-5-9-17/h3-6,8-9,11-12,16H,7,10,13-15H2,1-2H3,(H,23,25). The minimum absolute atomic E-state index is 0.0213. The number of benzene rings is 2. The fraction of sp³-hybridized carbons (Fsp3) is 0.318. The number of carbonyl (C=O) groups is 3. The number of anilines is 1. The van der Waals surface area contributed by atoms with Gasteiger partial charge in [-0.3, -0.25) is 14.4 Å². The highest BCUT2D eigenvalue weighted by Crippen LogP contribution is 2.13. The Kier molecular flexibility index (Phi) is 8.21. The fourth-order valence-corrected chi connectivity index (χ4v) is 2.61. The number of rotatable bonds is 9. The Hall–Kier alpha value is -3.15. The summed E-state index contributed by atoms with van der Waals surface area (Å²) in [5.74, 6) is -0.828. The van der Waals surface area contributed by atoms with Gasteiger partial charge in [-0.25, -0.2) is 0 Å². The number of hydrogen-bond acceptors (Lipinski definition) is 4. The Morgan fingerprint density at radius 2 is 1.71 bits per heavy atom. The first-order valence-corrected chi connectivity index (χ1v) is 9.27. The first-order chi connectivity index (χ1) is 13.5. The van der Waals surface area contributed by atoms with Crippen LogP contribution in [0.3, 0.4) is 0 Å². The third-order valence-electron chi connectivity index (χ3n) is 4.07. The molecule has 1 N–H and O–H groups in total. The van der Waals surface area contributed by atoms with Gasteiger partial charge >= 0.3 is 5.97 Å². The predicted molar refractivity (Wildman–Crippen MR) is 108 cm³/mol. The van der Waals surface area contributed by atoms with E-state index in [4.69, 9.17) is 4.74 Å². The molecular formula is C22H26N2O4. The lowest BCUT2D eigenvalue weighted by molar-refractivity contribution is -0.144. The lowest BCUT2D eigenvalue weighted by atomic mass is 10.1. The number of aryl methyl sites for hydroxylation is 1. The summed E-state index contributed by atoms with van der Waals surface area (Å²) < 4.78 is 5.17. The lowest BCUT2D eigenvalue weighted by Gasteiger charge is -2.11. The molecule has 0 bridgehead atoms. The average molecular weight is 382 g/mol. The quantitative estimate of drug-likeness (QED) is 0.533. The molecule has 2 rings (SSSR count). The van der Waals surface area contributed by atoms with E-state index in [1.54, 1.807) is 38.4 Å². The van der Waals surface area contributed by atoms with Gasteiger partial charge in [0.05, 0.1) is 13.0 Å². The van der Waals surface area contributed by atoms with E-state index in [1.165, 1.54) is 10.5 Å². The molecule has 0 saturated heterocycles. The summed E-state index contributed by atoms with van der Waals surface area (Å²) in [6, 6.07) is 16.7. The monoisotopic (exact) mass is 382 g/mol. The molecule has 0 unspecified atom stereocenters. The van der Waals surface area contributed by atoms with Crippen molar-refractivity contribution in [3.63, 3.8) is 0 Å². The van der Waals surface area contributed by atoms with E-state index in [9.17, 15) is 14.4 Å². The molecule has 0 saturated carbocycles. The van der Waals surface area contributed by atoms with Crippen molar-refractivity contribution in [3.05, 3.63) is 65.7 Å². The van der Waals surface area contributed by atoms with Crippen molar-refractivity contribution in [3.8, 4) is 0 Å². The average Bonchev–Trinajstić information content (AvgIpc) is 2.70. The second kappa shape index (κ2) is 10.9. The summed E-state index contributed by atoms with van der Waals surface area (Å²) in [6.45, 7) is 0.337. The normalized spacial score (nSPS) is 10.2. The highest BCUT2D eigenvalue weighted by atomic mass is 16.5. The largest absolute Gasteiger partial charge is 0.466 e. The number of nitrogens with zero attached hydrogens (tertiary/aromatic N) is 1. The molecule has 2 aromatic rings. The summed E-state index contributed by atoms with van der Waals surface area (Å²) in [5, 5.41) is 2.70. The Morgan fingerprint density at radius 1 is 0.964 bits per heavy atom. The second-order valence-corrected chi connectivity index (χ2v) is 6.64. The molecule has 0 aromatic heterocycles. The molecular weight excluding hydrogens is 356 g/mol. The molecule has 0 heterocycles. The maximum absolute atomic E-state index is 12.0. The molecule has 0 fully saturated rings. The van der Waals surface area contributed by atoms with Gasteiger partial charge in [0.1, 0.15) is 0 Å². The van der Waals surface area contributed by atoms with Gasteiger partial charge in [0.2, 0.25) is 5.91 Å². The van der Waals surface area contributed by atoms with Crippen molar-refractivity contribution >= 4 is 23.5 Å². The molecule has 0 radical (unpaired) electrons. The van der Waals surface area contributed by atoms with Crippen LogP contribution >= 0.6 is 0 Å². The summed E-state index contributed by atoms with van der Waals surface area (Å²) in [6.07, 6.45) is 1.64. The lowest BCUT2D eigenvalue weighted by Crippen LogP contribution is -2.22. The van der Waals surface area contributed by atoms with Gasteiger partial charge in [0.25, 0.3) is 5.91 Å². The maximum atomic E-state index is 12.0. The predicted octanol–water partition coefficient (Wildman–Crippen LogP) is 3.28. The van der Waals surface area contributed by atoms with Crippen molar-refractivity contribution in [1.29, 1.82) is 0 Å². The zero-order valence-corrected chi connectivity index (χ0v) is 16.3. The van der Waals surface area contributed by atoms with Gasteiger partial charge in [0.15, 0.2) is 0 Å². The van der Waals surface area contributed by atoms with Gasteiger partial charge < -0.3 is 15.0 Å². The van der Waals surface area contributed by atoms with Crippen molar-refractivity contribution in [2.45, 2.75) is 25.7 Å². The maximum Gasteiger partial charge on any atom is 0.306 e. The van der Waals surface area contributed by atoms with Gasteiger partial charge in [-0.15, -0.1) is 0 Å². The minimum Gasteiger partial charge on any atom is -0.466 e. The topological polar surface area (TPSA) is 75.7 Å². The number of hydrogen-bond donors (Lipinski definition) is 1. The molecule has 0 spiro atoms. The first kappa shape index (κ1) is 21.2. The number of amides is 2. The zero-order chi connectivity index (χ0) is 20.4. The molecule has 6 nitrogen and oxygen atoms in total.